The Kier molecular flexibility index (Phi) is 3.57. The molecule has 0 aliphatic rings. The molecule has 5 heteroatoms. The van der Waals surface area contributed by atoms with Crippen LogP contribution in [-0.2, 0) is 14.3 Å². The van der Waals surface area contributed by atoms with Crippen molar-refractivity contribution in [1.82, 2.24) is 4.98 Å². The molecular formula is C8H9NO3S. The van der Waals surface area contributed by atoms with Crippen LogP contribution < -0.4 is 0 Å². The number of hydrogen-bond acceptors (Lipinski definition) is 5. The Hall–Kier alpha value is -1.23. The lowest BCUT2D eigenvalue weighted by molar-refractivity contribution is -0.146. The van der Waals surface area contributed by atoms with Crippen LogP contribution in [0.4, 0.5) is 0 Å². The average Bonchev–Trinajstić information content (AvgIpc) is 2.59. The number of nitrogens with zero attached hydrogens (tertiary/aromatic N) is 1. The number of aromatic nitrogens is 1. The number of carbonyl (C=O) groups is 2. The van der Waals surface area contributed by atoms with E-state index in [1.54, 1.807) is 18.5 Å². The number of aldehydes is 1. The Labute approximate surface area is 79.6 Å². The molecule has 0 fully saturated rings. The third-order valence-electron chi connectivity index (χ3n) is 1.39. The zero-order chi connectivity index (χ0) is 9.68. The van der Waals surface area contributed by atoms with Gasteiger partial charge in [0.05, 0.1) is 6.61 Å². The minimum absolute atomic E-state index is 0.272. The second-order valence-electron chi connectivity index (χ2n) is 2.24. The molecule has 0 amide bonds. The molecule has 0 aliphatic heterocycles. The maximum absolute atomic E-state index is 11.2. The summed E-state index contributed by atoms with van der Waals surface area (Å²) in [6.45, 7) is 1.97. The quantitative estimate of drug-likeness (QED) is 0.412. The van der Waals surface area contributed by atoms with Gasteiger partial charge in [0.15, 0.2) is 5.92 Å². The third-order valence-corrected chi connectivity index (χ3v) is 2.25. The highest BCUT2D eigenvalue weighted by molar-refractivity contribution is 7.09. The van der Waals surface area contributed by atoms with Crippen LogP contribution in [0, 0.1) is 0 Å². The molecule has 0 radical (unpaired) electrons. The highest BCUT2D eigenvalue weighted by Crippen LogP contribution is 2.17. The Morgan fingerprint density at radius 1 is 1.85 bits per heavy atom. The van der Waals surface area contributed by atoms with E-state index >= 15 is 0 Å². The molecule has 0 spiro atoms. The van der Waals surface area contributed by atoms with Crippen molar-refractivity contribution in [3.8, 4) is 0 Å². The molecule has 0 aromatic carbocycles. The third kappa shape index (κ3) is 2.35. The zero-order valence-corrected chi connectivity index (χ0v) is 7.91. The predicted molar refractivity (Wildman–Crippen MR) is 47.6 cm³/mol. The first kappa shape index (κ1) is 9.85. The number of rotatable bonds is 4. The van der Waals surface area contributed by atoms with Crippen LogP contribution >= 0.6 is 11.3 Å². The SMILES string of the molecule is CCOC(=O)C(C=O)c1nccs1. The summed E-state index contributed by atoms with van der Waals surface area (Å²) in [4.78, 5) is 25.6. The van der Waals surface area contributed by atoms with E-state index in [0.29, 0.717) is 11.3 Å². The van der Waals surface area contributed by atoms with E-state index in [-0.39, 0.29) is 6.61 Å². The first-order valence-electron chi connectivity index (χ1n) is 3.81. The van der Waals surface area contributed by atoms with Gasteiger partial charge in [-0.2, -0.15) is 0 Å². The smallest absolute Gasteiger partial charge is 0.323 e. The lowest BCUT2D eigenvalue weighted by atomic mass is 10.2. The molecule has 1 aromatic rings. The summed E-state index contributed by atoms with van der Waals surface area (Å²) in [6.07, 6.45) is 2.10. The van der Waals surface area contributed by atoms with Crippen molar-refractivity contribution < 1.29 is 14.3 Å². The molecule has 1 rings (SSSR count). The maximum atomic E-state index is 11.2. The second-order valence-corrected chi connectivity index (χ2v) is 3.16. The molecule has 0 saturated carbocycles. The molecule has 4 nitrogen and oxygen atoms in total. The number of ether oxygens (including phenoxy) is 1. The monoisotopic (exact) mass is 199 g/mol. The highest BCUT2D eigenvalue weighted by Gasteiger charge is 2.23. The van der Waals surface area contributed by atoms with Crippen molar-refractivity contribution in [2.75, 3.05) is 6.61 Å². The Bertz CT molecular complexity index is 284. The molecule has 0 N–H and O–H groups in total. The van der Waals surface area contributed by atoms with Crippen molar-refractivity contribution in [3.05, 3.63) is 16.6 Å². The summed E-state index contributed by atoms with van der Waals surface area (Å²) in [7, 11) is 0. The fraction of sp³-hybridized carbons (Fsp3) is 0.375. The summed E-state index contributed by atoms with van der Waals surface area (Å²) in [5, 5.41) is 2.19. The summed E-state index contributed by atoms with van der Waals surface area (Å²) < 4.78 is 4.72. The first-order chi connectivity index (χ1) is 6.29. The molecule has 1 unspecified atom stereocenters. The van der Waals surface area contributed by atoms with Crippen molar-refractivity contribution in [2.24, 2.45) is 0 Å². The van der Waals surface area contributed by atoms with Gasteiger partial charge in [-0.3, -0.25) is 4.79 Å². The van der Waals surface area contributed by atoms with E-state index in [0.717, 1.165) is 0 Å². The molecule has 0 aliphatic carbocycles. The van der Waals surface area contributed by atoms with E-state index in [1.807, 2.05) is 0 Å². The van der Waals surface area contributed by atoms with Gasteiger partial charge in [0, 0.05) is 11.6 Å². The first-order valence-corrected chi connectivity index (χ1v) is 4.69. The van der Waals surface area contributed by atoms with Crippen molar-refractivity contribution in [2.45, 2.75) is 12.8 Å². The second kappa shape index (κ2) is 4.71. The Morgan fingerprint density at radius 3 is 3.08 bits per heavy atom. The van der Waals surface area contributed by atoms with E-state index in [2.05, 4.69) is 4.98 Å². The summed E-state index contributed by atoms with van der Waals surface area (Å²) in [5.41, 5.74) is 0. The van der Waals surface area contributed by atoms with Crippen molar-refractivity contribution in [3.63, 3.8) is 0 Å². The van der Waals surface area contributed by atoms with Crippen LogP contribution in [0.2, 0.25) is 0 Å². The van der Waals surface area contributed by atoms with Gasteiger partial charge >= 0.3 is 5.97 Å². The maximum Gasteiger partial charge on any atom is 0.323 e. The summed E-state index contributed by atoms with van der Waals surface area (Å²) >= 11 is 1.27. The summed E-state index contributed by atoms with van der Waals surface area (Å²) in [6, 6.07) is 0. The van der Waals surface area contributed by atoms with E-state index in [4.69, 9.17) is 4.74 Å². The number of esters is 1. The molecule has 70 valence electrons. The lowest BCUT2D eigenvalue weighted by Gasteiger charge is -2.05. The van der Waals surface area contributed by atoms with Gasteiger partial charge in [-0.25, -0.2) is 4.98 Å². The van der Waals surface area contributed by atoms with Crippen molar-refractivity contribution >= 4 is 23.6 Å². The fourth-order valence-corrected chi connectivity index (χ4v) is 1.52. The van der Waals surface area contributed by atoms with Crippen LogP contribution in [-0.4, -0.2) is 23.8 Å². The number of hydrogen-bond donors (Lipinski definition) is 0. The largest absolute Gasteiger partial charge is 0.465 e. The standard InChI is InChI=1S/C8H9NO3S/c1-2-12-8(11)6(5-10)7-9-3-4-13-7/h3-6H,2H2,1H3. The van der Waals surface area contributed by atoms with Crippen LogP contribution in [0.5, 0.6) is 0 Å². The van der Waals surface area contributed by atoms with Crippen LogP contribution in [0.15, 0.2) is 11.6 Å². The minimum Gasteiger partial charge on any atom is -0.465 e. The highest BCUT2D eigenvalue weighted by atomic mass is 32.1. The van der Waals surface area contributed by atoms with Crippen LogP contribution in [0.3, 0.4) is 0 Å². The molecule has 1 heterocycles. The lowest BCUT2D eigenvalue weighted by Crippen LogP contribution is -2.16. The molecule has 1 atom stereocenters. The van der Waals surface area contributed by atoms with Gasteiger partial charge < -0.3 is 9.53 Å². The van der Waals surface area contributed by atoms with Crippen LogP contribution in [0.25, 0.3) is 0 Å². The van der Waals surface area contributed by atoms with Gasteiger partial charge in [0.25, 0.3) is 0 Å². The fourth-order valence-electron chi connectivity index (χ4n) is 0.835. The topological polar surface area (TPSA) is 56.3 Å². The minimum atomic E-state index is -0.861. The summed E-state index contributed by atoms with van der Waals surface area (Å²) in [5.74, 6) is -1.40. The average molecular weight is 199 g/mol. The van der Waals surface area contributed by atoms with Crippen LogP contribution in [0.1, 0.15) is 17.8 Å². The number of thiazole rings is 1. The van der Waals surface area contributed by atoms with Gasteiger partial charge in [0.1, 0.15) is 11.3 Å². The van der Waals surface area contributed by atoms with Gasteiger partial charge in [-0.05, 0) is 6.92 Å². The Balaban J connectivity index is 2.74. The molecule has 13 heavy (non-hydrogen) atoms. The Morgan fingerprint density at radius 2 is 2.62 bits per heavy atom. The molecule has 0 saturated heterocycles. The molecule has 1 aromatic heterocycles. The predicted octanol–water partition coefficient (Wildman–Crippen LogP) is 0.989. The van der Waals surface area contributed by atoms with Gasteiger partial charge in [-0.1, -0.05) is 0 Å². The molecular weight excluding hydrogens is 190 g/mol. The van der Waals surface area contributed by atoms with E-state index in [9.17, 15) is 9.59 Å². The van der Waals surface area contributed by atoms with E-state index in [1.165, 1.54) is 11.3 Å². The van der Waals surface area contributed by atoms with Gasteiger partial charge in [0.2, 0.25) is 0 Å². The molecule has 0 bridgehead atoms. The normalized spacial score (nSPS) is 12.1. The number of carbonyl (C=O) groups excluding carboxylic acids is 2. The van der Waals surface area contributed by atoms with E-state index < -0.39 is 11.9 Å². The van der Waals surface area contributed by atoms with Gasteiger partial charge in [-0.15, -0.1) is 11.3 Å². The zero-order valence-electron chi connectivity index (χ0n) is 7.10. The van der Waals surface area contributed by atoms with Crippen molar-refractivity contribution in [1.29, 1.82) is 0 Å².